The first-order valence-electron chi connectivity index (χ1n) is 8.76. The Kier molecular flexibility index (Phi) is 5.44. The van der Waals surface area contributed by atoms with Crippen molar-refractivity contribution < 1.29 is 14.4 Å². The zero-order valence-corrected chi connectivity index (χ0v) is 15.5. The number of carbonyl (C=O) groups is 1. The second kappa shape index (κ2) is 7.94. The van der Waals surface area contributed by atoms with Gasteiger partial charge in [-0.25, -0.2) is 9.97 Å². The quantitative estimate of drug-likeness (QED) is 0.679. The van der Waals surface area contributed by atoms with E-state index in [0.29, 0.717) is 28.9 Å². The number of aryl methyl sites for hydroxylation is 1. The summed E-state index contributed by atoms with van der Waals surface area (Å²) in [6.45, 7) is 7.60. The van der Waals surface area contributed by atoms with Crippen LogP contribution in [0.1, 0.15) is 25.1 Å². The Morgan fingerprint density at radius 1 is 1.11 bits per heavy atom. The minimum Gasteiger partial charge on any atom is -0.481 e. The largest absolute Gasteiger partial charge is 0.481 e. The molecule has 0 spiro atoms. The Hall–Kier alpha value is -3.29. The molecule has 3 rings (SSSR count). The summed E-state index contributed by atoms with van der Waals surface area (Å²) < 4.78 is 5.39. The first kappa shape index (κ1) is 18.5. The second-order valence-electron chi connectivity index (χ2n) is 6.06. The minimum absolute atomic E-state index is 0.0217. The fourth-order valence-corrected chi connectivity index (χ4v) is 2.70. The molecule has 8 heteroatoms. The first-order valence-corrected chi connectivity index (χ1v) is 8.76. The highest BCUT2D eigenvalue weighted by atomic mass is 16.5. The maximum absolute atomic E-state index is 10.8. The van der Waals surface area contributed by atoms with Crippen molar-refractivity contribution in [3.05, 3.63) is 41.6 Å². The molecule has 8 nitrogen and oxygen atoms in total. The molecule has 2 aromatic heterocycles. The molecule has 0 fully saturated rings. The monoisotopic (exact) mass is 367 g/mol. The van der Waals surface area contributed by atoms with Gasteiger partial charge in [-0.05, 0) is 32.4 Å². The van der Waals surface area contributed by atoms with Crippen LogP contribution in [0.4, 0.5) is 5.95 Å². The van der Waals surface area contributed by atoms with Gasteiger partial charge in [-0.1, -0.05) is 29.4 Å². The molecule has 0 radical (unpaired) electrons. The van der Waals surface area contributed by atoms with Crippen molar-refractivity contribution in [2.75, 3.05) is 18.0 Å². The van der Waals surface area contributed by atoms with Crippen LogP contribution in [0.5, 0.6) is 0 Å². The lowest BCUT2D eigenvalue weighted by atomic mass is 10.1. The average molecular weight is 367 g/mol. The van der Waals surface area contributed by atoms with E-state index in [0.717, 1.165) is 24.3 Å². The van der Waals surface area contributed by atoms with Crippen molar-refractivity contribution >= 4 is 11.9 Å². The lowest BCUT2D eigenvalue weighted by Crippen LogP contribution is -2.24. The highest BCUT2D eigenvalue weighted by Gasteiger charge is 2.15. The third-order valence-corrected chi connectivity index (χ3v) is 4.10. The van der Waals surface area contributed by atoms with E-state index < -0.39 is 5.97 Å². The van der Waals surface area contributed by atoms with Crippen LogP contribution < -0.4 is 4.90 Å². The summed E-state index contributed by atoms with van der Waals surface area (Å²) >= 11 is 0. The Labute approximate surface area is 156 Å². The van der Waals surface area contributed by atoms with E-state index in [9.17, 15) is 4.79 Å². The molecule has 0 saturated heterocycles. The van der Waals surface area contributed by atoms with Gasteiger partial charge in [0.15, 0.2) is 0 Å². The number of aliphatic carboxylic acids is 1. The second-order valence-corrected chi connectivity index (χ2v) is 6.06. The lowest BCUT2D eigenvalue weighted by Gasteiger charge is -2.18. The summed E-state index contributed by atoms with van der Waals surface area (Å²) in [5.74, 6) is 0.506. The van der Waals surface area contributed by atoms with Crippen molar-refractivity contribution in [2.24, 2.45) is 0 Å². The molecule has 0 bridgehead atoms. The number of benzene rings is 1. The zero-order valence-electron chi connectivity index (χ0n) is 15.5. The first-order chi connectivity index (χ1) is 13.0. The summed E-state index contributed by atoms with van der Waals surface area (Å²) in [4.78, 5) is 26.3. The number of carboxylic acid groups (broad SMARTS) is 1. The minimum atomic E-state index is -0.868. The summed E-state index contributed by atoms with van der Waals surface area (Å²) in [6.07, 6.45) is -0.0217. The van der Waals surface area contributed by atoms with Crippen LogP contribution in [0.2, 0.25) is 0 Å². The van der Waals surface area contributed by atoms with Gasteiger partial charge in [-0.3, -0.25) is 4.79 Å². The van der Waals surface area contributed by atoms with Gasteiger partial charge in [0, 0.05) is 24.3 Å². The summed E-state index contributed by atoms with van der Waals surface area (Å²) in [6, 6.07) is 8.85. The number of anilines is 1. The Morgan fingerprint density at radius 3 is 2.44 bits per heavy atom. The maximum Gasteiger partial charge on any atom is 0.307 e. The molecular formula is C19H21N5O3. The van der Waals surface area contributed by atoms with E-state index in [1.165, 1.54) is 0 Å². The number of rotatable bonds is 7. The van der Waals surface area contributed by atoms with E-state index in [4.69, 9.17) is 9.63 Å². The topological polar surface area (TPSA) is 105 Å². The molecule has 27 heavy (non-hydrogen) atoms. The molecule has 0 saturated carbocycles. The van der Waals surface area contributed by atoms with Gasteiger partial charge in [0.25, 0.3) is 5.89 Å². The number of hydrogen-bond donors (Lipinski definition) is 1. The van der Waals surface area contributed by atoms with Crippen LogP contribution in [0.25, 0.3) is 23.0 Å². The van der Waals surface area contributed by atoms with Crippen LogP contribution >= 0.6 is 0 Å². The molecule has 0 aliphatic rings. The van der Waals surface area contributed by atoms with Crippen molar-refractivity contribution in [3.8, 4) is 23.0 Å². The maximum atomic E-state index is 10.8. The van der Waals surface area contributed by atoms with Crippen molar-refractivity contribution in [1.29, 1.82) is 0 Å². The van der Waals surface area contributed by atoms with Crippen LogP contribution in [0, 0.1) is 6.92 Å². The van der Waals surface area contributed by atoms with E-state index in [1.807, 2.05) is 20.8 Å². The molecular weight excluding hydrogens is 346 g/mol. The zero-order chi connectivity index (χ0) is 19.4. The van der Waals surface area contributed by atoms with Gasteiger partial charge in [-0.2, -0.15) is 4.98 Å². The van der Waals surface area contributed by atoms with E-state index in [-0.39, 0.29) is 6.42 Å². The van der Waals surface area contributed by atoms with Gasteiger partial charge >= 0.3 is 5.97 Å². The predicted molar refractivity (Wildman–Crippen MR) is 100 cm³/mol. The molecule has 0 aliphatic heterocycles. The molecule has 140 valence electrons. The summed E-state index contributed by atoms with van der Waals surface area (Å²) in [5.41, 5.74) is 2.85. The number of carboxylic acids is 1. The van der Waals surface area contributed by atoms with Crippen LogP contribution in [0.3, 0.4) is 0 Å². The lowest BCUT2D eigenvalue weighted by molar-refractivity contribution is -0.136. The Bertz CT molecular complexity index is 933. The average Bonchev–Trinajstić information content (AvgIpc) is 3.13. The molecule has 0 amide bonds. The fourth-order valence-electron chi connectivity index (χ4n) is 2.70. The van der Waals surface area contributed by atoms with Crippen molar-refractivity contribution in [3.63, 3.8) is 0 Å². The molecule has 1 N–H and O–H groups in total. The molecule has 3 aromatic rings. The number of hydrogen-bond acceptors (Lipinski definition) is 7. The van der Waals surface area contributed by atoms with Crippen LogP contribution in [-0.4, -0.2) is 44.3 Å². The Morgan fingerprint density at radius 2 is 1.81 bits per heavy atom. The number of nitrogens with zero attached hydrogens (tertiary/aromatic N) is 5. The summed E-state index contributed by atoms with van der Waals surface area (Å²) in [7, 11) is 0. The van der Waals surface area contributed by atoms with E-state index >= 15 is 0 Å². The van der Waals surface area contributed by atoms with Crippen LogP contribution in [0.15, 0.2) is 34.9 Å². The fraction of sp³-hybridized carbons (Fsp3) is 0.316. The standard InChI is InChI=1S/C19H21N5O3/c1-4-24(5-2)19-20-12(3)10-15(21-19)18-22-17(23-27-18)14-8-6-13(7-9-14)11-16(25)26/h6-10H,4-5,11H2,1-3H3,(H,25,26). The van der Waals surface area contributed by atoms with Gasteiger partial charge in [0.05, 0.1) is 6.42 Å². The van der Waals surface area contributed by atoms with Gasteiger partial charge in [-0.15, -0.1) is 0 Å². The van der Waals surface area contributed by atoms with Gasteiger partial charge in [0.1, 0.15) is 5.69 Å². The molecule has 0 atom stereocenters. The normalized spacial score (nSPS) is 10.8. The third kappa shape index (κ3) is 4.28. The highest BCUT2D eigenvalue weighted by molar-refractivity contribution is 5.70. The smallest absolute Gasteiger partial charge is 0.307 e. The predicted octanol–water partition coefficient (Wildman–Crippen LogP) is 2.98. The van der Waals surface area contributed by atoms with Gasteiger partial charge in [0.2, 0.25) is 11.8 Å². The number of aromatic nitrogens is 4. The molecule has 1 aromatic carbocycles. The van der Waals surface area contributed by atoms with Crippen LogP contribution in [-0.2, 0) is 11.2 Å². The van der Waals surface area contributed by atoms with Gasteiger partial charge < -0.3 is 14.5 Å². The molecule has 0 unspecified atom stereocenters. The van der Waals surface area contributed by atoms with Crippen molar-refractivity contribution in [1.82, 2.24) is 20.1 Å². The van der Waals surface area contributed by atoms with E-state index in [1.54, 1.807) is 30.3 Å². The summed E-state index contributed by atoms with van der Waals surface area (Å²) in [5, 5.41) is 12.9. The third-order valence-electron chi connectivity index (χ3n) is 4.10. The SMILES string of the molecule is CCN(CC)c1nc(C)cc(-c2nc(-c3ccc(CC(=O)O)cc3)no2)n1. The Balaban J connectivity index is 1.88. The molecule has 2 heterocycles. The molecule has 0 aliphatic carbocycles. The highest BCUT2D eigenvalue weighted by Crippen LogP contribution is 2.23. The van der Waals surface area contributed by atoms with E-state index in [2.05, 4.69) is 25.0 Å². The van der Waals surface area contributed by atoms with Crippen molar-refractivity contribution in [2.45, 2.75) is 27.2 Å².